The number of hydrogen-bond donors (Lipinski definition) is 1. The Morgan fingerprint density at radius 2 is 2.06 bits per heavy atom. The second-order valence-corrected chi connectivity index (χ2v) is 5.00. The normalized spacial score (nSPS) is 19.8. The van der Waals surface area contributed by atoms with Gasteiger partial charge in [-0.1, -0.05) is 23.7 Å². The Bertz CT molecular complexity index is 377. The first kappa shape index (κ1) is 11.8. The molecule has 0 spiro atoms. The molecule has 2 rings (SSSR count). The summed E-state index contributed by atoms with van der Waals surface area (Å²) in [5.74, 6) is -0.800. The zero-order valence-corrected chi connectivity index (χ0v) is 9.55. The number of nitrogens with two attached hydrogens (primary N) is 1. The van der Waals surface area contributed by atoms with Crippen molar-refractivity contribution in [2.24, 2.45) is 5.73 Å². The molecule has 1 aromatic rings. The van der Waals surface area contributed by atoms with E-state index in [2.05, 4.69) is 0 Å². The molecule has 0 aromatic heterocycles. The first-order chi connectivity index (χ1) is 7.50. The van der Waals surface area contributed by atoms with E-state index in [4.69, 9.17) is 17.3 Å². The summed E-state index contributed by atoms with van der Waals surface area (Å²) in [5, 5.41) is 0.491. The summed E-state index contributed by atoms with van der Waals surface area (Å²) >= 11 is 5.80. The maximum atomic E-state index is 13.0. The maximum Gasteiger partial charge on any atom is 0.245 e. The van der Waals surface area contributed by atoms with Crippen molar-refractivity contribution in [3.63, 3.8) is 0 Å². The maximum absolute atomic E-state index is 13.0. The van der Waals surface area contributed by atoms with Crippen molar-refractivity contribution in [2.75, 3.05) is 0 Å². The summed E-state index contributed by atoms with van der Waals surface area (Å²) in [5.41, 5.74) is 6.11. The van der Waals surface area contributed by atoms with E-state index in [-0.39, 0.29) is 5.54 Å². The molecule has 0 saturated heterocycles. The molecular formula is C12H14ClF2N. The van der Waals surface area contributed by atoms with Crippen molar-refractivity contribution in [1.82, 2.24) is 0 Å². The van der Waals surface area contributed by atoms with E-state index >= 15 is 0 Å². The summed E-state index contributed by atoms with van der Waals surface area (Å²) in [4.78, 5) is 0. The third-order valence-corrected chi connectivity index (χ3v) is 3.33. The lowest BCUT2D eigenvalue weighted by Crippen LogP contribution is -2.27. The van der Waals surface area contributed by atoms with Crippen LogP contribution in [0.3, 0.4) is 0 Å². The average molecular weight is 246 g/mol. The van der Waals surface area contributed by atoms with Crippen LogP contribution in [0.2, 0.25) is 5.02 Å². The van der Waals surface area contributed by atoms with Crippen molar-refractivity contribution < 1.29 is 8.78 Å². The highest BCUT2D eigenvalue weighted by Gasteiger charge is 2.42. The first-order valence-corrected chi connectivity index (χ1v) is 5.70. The molecule has 16 heavy (non-hydrogen) atoms. The zero-order chi connectivity index (χ0) is 11.8. The third kappa shape index (κ3) is 2.71. The standard InChI is InChI=1S/C12H14ClF2N/c13-9-3-1-2-8(6-9)10(11(14)15)7-12(16)4-5-12/h1-3,6,10-11H,4-5,7,16H2. The van der Waals surface area contributed by atoms with Gasteiger partial charge in [-0.15, -0.1) is 0 Å². The number of halogens is 3. The smallest absolute Gasteiger partial charge is 0.245 e. The van der Waals surface area contributed by atoms with Gasteiger partial charge in [0.15, 0.2) is 0 Å². The predicted molar refractivity (Wildman–Crippen MR) is 61.0 cm³/mol. The van der Waals surface area contributed by atoms with E-state index in [9.17, 15) is 8.78 Å². The molecule has 0 bridgehead atoms. The van der Waals surface area contributed by atoms with Gasteiger partial charge in [-0.25, -0.2) is 8.78 Å². The van der Waals surface area contributed by atoms with Crippen LogP contribution in [0.25, 0.3) is 0 Å². The van der Waals surface area contributed by atoms with Crippen molar-refractivity contribution in [1.29, 1.82) is 0 Å². The molecule has 1 fully saturated rings. The fraction of sp³-hybridized carbons (Fsp3) is 0.500. The molecule has 0 radical (unpaired) electrons. The number of alkyl halides is 2. The number of benzene rings is 1. The largest absolute Gasteiger partial charge is 0.325 e. The Hall–Kier alpha value is -0.670. The second kappa shape index (κ2) is 4.30. The Balaban J connectivity index is 2.18. The fourth-order valence-electron chi connectivity index (χ4n) is 1.89. The first-order valence-electron chi connectivity index (χ1n) is 5.33. The lowest BCUT2D eigenvalue weighted by molar-refractivity contribution is 0.105. The van der Waals surface area contributed by atoms with Crippen molar-refractivity contribution in [2.45, 2.75) is 37.1 Å². The second-order valence-electron chi connectivity index (χ2n) is 4.56. The molecular weight excluding hydrogens is 232 g/mol. The fourth-order valence-corrected chi connectivity index (χ4v) is 2.09. The molecule has 0 aliphatic heterocycles. The molecule has 0 heterocycles. The Kier molecular flexibility index (Phi) is 3.17. The Morgan fingerprint density at radius 3 is 2.56 bits per heavy atom. The lowest BCUT2D eigenvalue weighted by atomic mass is 9.91. The van der Waals surface area contributed by atoms with Crippen LogP contribution in [0.5, 0.6) is 0 Å². The van der Waals surface area contributed by atoms with Gasteiger partial charge in [-0.05, 0) is 37.0 Å². The van der Waals surface area contributed by atoms with Gasteiger partial charge in [0, 0.05) is 16.5 Å². The van der Waals surface area contributed by atoms with Gasteiger partial charge in [0.1, 0.15) is 0 Å². The molecule has 1 unspecified atom stereocenters. The van der Waals surface area contributed by atoms with Crippen LogP contribution in [0, 0.1) is 0 Å². The SMILES string of the molecule is NC1(CC(c2cccc(Cl)c2)C(F)F)CC1. The topological polar surface area (TPSA) is 26.0 Å². The van der Waals surface area contributed by atoms with E-state index in [1.807, 2.05) is 0 Å². The van der Waals surface area contributed by atoms with Crippen molar-refractivity contribution in [3.05, 3.63) is 34.9 Å². The summed E-state index contributed by atoms with van der Waals surface area (Å²) in [6.07, 6.45) is -0.363. The summed E-state index contributed by atoms with van der Waals surface area (Å²) in [6.45, 7) is 0. The summed E-state index contributed by atoms with van der Waals surface area (Å²) in [6, 6.07) is 6.67. The van der Waals surface area contributed by atoms with E-state index in [0.717, 1.165) is 12.8 Å². The van der Waals surface area contributed by atoms with Gasteiger partial charge in [-0.3, -0.25) is 0 Å². The van der Waals surface area contributed by atoms with E-state index < -0.39 is 12.3 Å². The number of rotatable bonds is 4. The molecule has 1 nitrogen and oxygen atoms in total. The minimum absolute atomic E-state index is 0.338. The van der Waals surface area contributed by atoms with Crippen LogP contribution >= 0.6 is 11.6 Å². The molecule has 1 saturated carbocycles. The zero-order valence-electron chi connectivity index (χ0n) is 8.80. The molecule has 1 atom stereocenters. The monoisotopic (exact) mass is 245 g/mol. The van der Waals surface area contributed by atoms with Gasteiger partial charge < -0.3 is 5.73 Å². The quantitative estimate of drug-likeness (QED) is 0.862. The molecule has 1 aliphatic rings. The lowest BCUT2D eigenvalue weighted by Gasteiger charge is -2.20. The molecule has 4 heteroatoms. The minimum atomic E-state index is -2.39. The van der Waals surface area contributed by atoms with Gasteiger partial charge in [-0.2, -0.15) is 0 Å². The molecule has 88 valence electrons. The number of hydrogen-bond acceptors (Lipinski definition) is 1. The molecule has 0 amide bonds. The van der Waals surface area contributed by atoms with Crippen LogP contribution < -0.4 is 5.73 Å². The van der Waals surface area contributed by atoms with E-state index in [1.54, 1.807) is 24.3 Å². The molecule has 1 aromatic carbocycles. The van der Waals surface area contributed by atoms with Crippen LogP contribution in [-0.4, -0.2) is 12.0 Å². The van der Waals surface area contributed by atoms with E-state index in [0.29, 0.717) is 17.0 Å². The minimum Gasteiger partial charge on any atom is -0.325 e. The highest BCUT2D eigenvalue weighted by atomic mass is 35.5. The Morgan fingerprint density at radius 1 is 1.38 bits per heavy atom. The molecule has 2 N–H and O–H groups in total. The summed E-state index contributed by atoms with van der Waals surface area (Å²) < 4.78 is 26.0. The van der Waals surface area contributed by atoms with Gasteiger partial charge in [0.2, 0.25) is 6.43 Å². The van der Waals surface area contributed by atoms with Gasteiger partial charge in [0.05, 0.1) is 0 Å². The van der Waals surface area contributed by atoms with E-state index in [1.165, 1.54) is 0 Å². The van der Waals surface area contributed by atoms with Crippen molar-refractivity contribution in [3.8, 4) is 0 Å². The van der Waals surface area contributed by atoms with Crippen LogP contribution in [0.15, 0.2) is 24.3 Å². The average Bonchev–Trinajstić information content (AvgIpc) is 2.93. The molecule has 1 aliphatic carbocycles. The van der Waals surface area contributed by atoms with Gasteiger partial charge >= 0.3 is 0 Å². The van der Waals surface area contributed by atoms with Crippen molar-refractivity contribution >= 4 is 11.6 Å². The van der Waals surface area contributed by atoms with Crippen LogP contribution in [0.4, 0.5) is 8.78 Å². The predicted octanol–water partition coefficient (Wildman–Crippen LogP) is 3.57. The van der Waals surface area contributed by atoms with Crippen LogP contribution in [-0.2, 0) is 0 Å². The highest BCUT2D eigenvalue weighted by molar-refractivity contribution is 6.30. The Labute approximate surface area is 98.6 Å². The highest BCUT2D eigenvalue weighted by Crippen LogP contribution is 2.43. The third-order valence-electron chi connectivity index (χ3n) is 3.10. The summed E-state index contributed by atoms with van der Waals surface area (Å²) in [7, 11) is 0. The van der Waals surface area contributed by atoms with Gasteiger partial charge in [0.25, 0.3) is 0 Å². The van der Waals surface area contributed by atoms with Crippen LogP contribution in [0.1, 0.15) is 30.7 Å².